The van der Waals surface area contributed by atoms with Gasteiger partial charge in [0.2, 0.25) is 5.91 Å². The van der Waals surface area contributed by atoms with Gasteiger partial charge in [-0.1, -0.05) is 30.3 Å². The van der Waals surface area contributed by atoms with Crippen LogP contribution in [0.15, 0.2) is 48.9 Å². The van der Waals surface area contributed by atoms with Gasteiger partial charge in [-0.2, -0.15) is 0 Å². The highest BCUT2D eigenvalue weighted by atomic mass is 16.2. The predicted molar refractivity (Wildman–Crippen MR) is 112 cm³/mol. The molecule has 1 aromatic carbocycles. The molecule has 7 nitrogen and oxygen atoms in total. The number of carbonyl (C=O) groups is 1. The number of carbonyl (C=O) groups excluding carboxylic acids is 1. The van der Waals surface area contributed by atoms with Crippen molar-refractivity contribution in [3.8, 4) is 0 Å². The van der Waals surface area contributed by atoms with E-state index in [1.165, 1.54) is 5.56 Å². The van der Waals surface area contributed by atoms with Crippen LogP contribution >= 0.6 is 0 Å². The summed E-state index contributed by atoms with van der Waals surface area (Å²) in [6.45, 7) is 2.21. The van der Waals surface area contributed by atoms with E-state index in [4.69, 9.17) is 5.73 Å². The Labute approximate surface area is 169 Å². The van der Waals surface area contributed by atoms with Crippen molar-refractivity contribution >= 4 is 22.8 Å². The third kappa shape index (κ3) is 3.15. The molecule has 0 spiro atoms. The molecule has 5 rings (SSSR count). The van der Waals surface area contributed by atoms with Gasteiger partial charge in [-0.3, -0.25) is 4.79 Å². The van der Waals surface area contributed by atoms with Crippen LogP contribution in [-0.2, 0) is 4.79 Å². The number of hydrogen-bond donors (Lipinski definition) is 2. The standard InChI is InChI=1S/C22H26N6O/c23-22(21(29)28-12-4-7-18(28)16-5-2-1-3-6-16)9-13-27(14-10-22)20-17-8-11-24-19(17)25-15-26-20/h1-3,5-6,8,11,15,18H,4,7,9-10,12-14,23H2,(H,24,25,26)/t18-/m1/s1. The van der Waals surface area contributed by atoms with Crippen LogP contribution < -0.4 is 10.6 Å². The quantitative estimate of drug-likeness (QED) is 0.717. The molecule has 4 heterocycles. The fraction of sp³-hybridized carbons (Fsp3) is 0.409. The molecule has 2 aromatic heterocycles. The summed E-state index contributed by atoms with van der Waals surface area (Å²) in [6.07, 6.45) is 6.74. The van der Waals surface area contributed by atoms with Gasteiger partial charge in [0.05, 0.1) is 17.0 Å². The van der Waals surface area contributed by atoms with Crippen molar-refractivity contribution < 1.29 is 4.79 Å². The first-order valence-electron chi connectivity index (χ1n) is 10.3. The number of likely N-dealkylation sites (tertiary alicyclic amines) is 1. The number of benzene rings is 1. The minimum absolute atomic E-state index is 0.0954. The fourth-order valence-electron chi connectivity index (χ4n) is 4.76. The van der Waals surface area contributed by atoms with E-state index >= 15 is 0 Å². The lowest BCUT2D eigenvalue weighted by atomic mass is 9.86. The summed E-state index contributed by atoms with van der Waals surface area (Å²) in [5.74, 6) is 1.01. The second kappa shape index (κ2) is 7.15. The number of hydrogen-bond acceptors (Lipinski definition) is 5. The predicted octanol–water partition coefficient (Wildman–Crippen LogP) is 2.62. The Morgan fingerprint density at radius 3 is 2.69 bits per heavy atom. The molecule has 1 amide bonds. The van der Waals surface area contributed by atoms with Crippen LogP contribution in [-0.4, -0.2) is 50.9 Å². The van der Waals surface area contributed by atoms with Gasteiger partial charge in [-0.15, -0.1) is 0 Å². The van der Waals surface area contributed by atoms with E-state index in [1.54, 1.807) is 6.33 Å². The zero-order valence-electron chi connectivity index (χ0n) is 16.4. The molecule has 1 atom stereocenters. The number of H-pyrrole nitrogens is 1. The van der Waals surface area contributed by atoms with Crippen molar-refractivity contribution in [1.29, 1.82) is 0 Å². The van der Waals surface area contributed by atoms with E-state index in [0.717, 1.165) is 36.2 Å². The molecule has 0 unspecified atom stereocenters. The SMILES string of the molecule is NC1(C(=O)N2CCC[C@@H]2c2ccccc2)CCN(c2ncnc3[nH]ccc23)CC1. The average Bonchev–Trinajstić information content (AvgIpc) is 3.44. The van der Waals surface area contributed by atoms with Gasteiger partial charge in [-0.25, -0.2) is 9.97 Å². The van der Waals surface area contributed by atoms with Crippen LogP contribution in [0, 0.1) is 0 Å². The lowest BCUT2D eigenvalue weighted by Gasteiger charge is -2.41. The molecule has 0 bridgehead atoms. The number of nitrogens with zero attached hydrogens (tertiary/aromatic N) is 4. The Kier molecular flexibility index (Phi) is 4.47. The monoisotopic (exact) mass is 390 g/mol. The normalized spacial score (nSPS) is 21.6. The van der Waals surface area contributed by atoms with Crippen LogP contribution in [0.25, 0.3) is 11.0 Å². The smallest absolute Gasteiger partial charge is 0.243 e. The molecule has 0 aliphatic carbocycles. The molecule has 2 aliphatic heterocycles. The number of nitrogens with one attached hydrogen (secondary N) is 1. The molecule has 3 aromatic rings. The molecule has 7 heteroatoms. The lowest BCUT2D eigenvalue weighted by molar-refractivity contribution is -0.138. The Morgan fingerprint density at radius 2 is 1.90 bits per heavy atom. The molecule has 29 heavy (non-hydrogen) atoms. The first-order chi connectivity index (χ1) is 14.2. The molecule has 2 fully saturated rings. The summed E-state index contributed by atoms with van der Waals surface area (Å²) in [4.78, 5) is 29.6. The number of nitrogens with two attached hydrogens (primary N) is 1. The van der Waals surface area contributed by atoms with Crippen molar-refractivity contribution in [2.24, 2.45) is 5.73 Å². The highest BCUT2D eigenvalue weighted by Crippen LogP contribution is 2.36. The van der Waals surface area contributed by atoms with Crippen LogP contribution in [0.5, 0.6) is 0 Å². The van der Waals surface area contributed by atoms with Crippen LogP contribution in [0.3, 0.4) is 0 Å². The first-order valence-corrected chi connectivity index (χ1v) is 10.3. The van der Waals surface area contributed by atoms with E-state index in [1.807, 2.05) is 35.4 Å². The molecular formula is C22H26N6O. The fourth-order valence-corrected chi connectivity index (χ4v) is 4.76. The number of rotatable bonds is 3. The Morgan fingerprint density at radius 1 is 1.10 bits per heavy atom. The summed E-state index contributed by atoms with van der Waals surface area (Å²) in [7, 11) is 0. The lowest BCUT2D eigenvalue weighted by Crippen LogP contribution is -2.60. The largest absolute Gasteiger partial charge is 0.356 e. The number of aromatic amines is 1. The minimum atomic E-state index is -0.807. The van der Waals surface area contributed by atoms with Gasteiger partial charge >= 0.3 is 0 Å². The van der Waals surface area contributed by atoms with E-state index in [-0.39, 0.29) is 11.9 Å². The van der Waals surface area contributed by atoms with Crippen LogP contribution in [0.2, 0.25) is 0 Å². The molecule has 0 radical (unpaired) electrons. The van der Waals surface area contributed by atoms with Crippen molar-refractivity contribution in [3.63, 3.8) is 0 Å². The zero-order chi connectivity index (χ0) is 19.8. The van der Waals surface area contributed by atoms with E-state index in [9.17, 15) is 4.79 Å². The van der Waals surface area contributed by atoms with Gasteiger partial charge in [0.1, 0.15) is 17.8 Å². The molecule has 2 aliphatic rings. The maximum absolute atomic E-state index is 13.5. The average molecular weight is 390 g/mol. The summed E-state index contributed by atoms with van der Waals surface area (Å²) in [5.41, 5.74) is 7.93. The van der Waals surface area contributed by atoms with Crippen LogP contribution in [0.4, 0.5) is 5.82 Å². The maximum Gasteiger partial charge on any atom is 0.243 e. The number of aromatic nitrogens is 3. The van der Waals surface area contributed by atoms with E-state index in [2.05, 4.69) is 32.0 Å². The van der Waals surface area contributed by atoms with Gasteiger partial charge in [0.25, 0.3) is 0 Å². The number of fused-ring (bicyclic) bond motifs is 1. The van der Waals surface area contributed by atoms with Crippen molar-refractivity contribution in [3.05, 3.63) is 54.5 Å². The number of piperidine rings is 1. The maximum atomic E-state index is 13.5. The Bertz CT molecular complexity index is 1010. The van der Waals surface area contributed by atoms with Crippen LogP contribution in [0.1, 0.15) is 37.3 Å². The highest BCUT2D eigenvalue weighted by molar-refractivity contribution is 5.89. The van der Waals surface area contributed by atoms with Crippen molar-refractivity contribution in [2.45, 2.75) is 37.3 Å². The summed E-state index contributed by atoms with van der Waals surface area (Å²) < 4.78 is 0. The van der Waals surface area contributed by atoms with Gasteiger partial charge in [-0.05, 0) is 37.3 Å². The second-order valence-electron chi connectivity index (χ2n) is 8.15. The molecule has 0 saturated carbocycles. The minimum Gasteiger partial charge on any atom is -0.356 e. The Hall–Kier alpha value is -2.93. The molecule has 2 saturated heterocycles. The topological polar surface area (TPSA) is 91.1 Å². The third-order valence-electron chi connectivity index (χ3n) is 6.41. The number of amides is 1. The Balaban J connectivity index is 1.32. The van der Waals surface area contributed by atoms with Gasteiger partial charge in [0.15, 0.2) is 0 Å². The highest BCUT2D eigenvalue weighted by Gasteiger charge is 2.44. The second-order valence-corrected chi connectivity index (χ2v) is 8.15. The summed E-state index contributed by atoms with van der Waals surface area (Å²) >= 11 is 0. The summed E-state index contributed by atoms with van der Waals surface area (Å²) in [5, 5.41) is 1.01. The summed E-state index contributed by atoms with van der Waals surface area (Å²) in [6, 6.07) is 12.4. The van der Waals surface area contributed by atoms with E-state index < -0.39 is 5.54 Å². The molecule has 150 valence electrons. The van der Waals surface area contributed by atoms with Gasteiger partial charge in [0, 0.05) is 25.8 Å². The number of anilines is 1. The van der Waals surface area contributed by atoms with Crippen molar-refractivity contribution in [1.82, 2.24) is 19.9 Å². The molecule has 3 N–H and O–H groups in total. The molecular weight excluding hydrogens is 364 g/mol. The van der Waals surface area contributed by atoms with E-state index in [0.29, 0.717) is 25.9 Å². The van der Waals surface area contributed by atoms with Crippen molar-refractivity contribution in [2.75, 3.05) is 24.5 Å². The third-order valence-corrected chi connectivity index (χ3v) is 6.41. The first kappa shape index (κ1) is 18.1. The van der Waals surface area contributed by atoms with Gasteiger partial charge < -0.3 is 20.5 Å². The zero-order valence-corrected chi connectivity index (χ0v) is 16.4.